The van der Waals surface area contributed by atoms with E-state index in [1.165, 1.54) is 6.07 Å². The summed E-state index contributed by atoms with van der Waals surface area (Å²) in [5.41, 5.74) is 0.215. The van der Waals surface area contributed by atoms with Crippen molar-refractivity contribution >= 4 is 22.6 Å². The Morgan fingerprint density at radius 2 is 1.83 bits per heavy atom. The number of benzene rings is 2. The second kappa shape index (κ2) is 5.17. The number of anilines is 1. The summed E-state index contributed by atoms with van der Waals surface area (Å²) in [6.45, 7) is 0.154. The fourth-order valence-corrected chi connectivity index (χ4v) is 2.39. The van der Waals surface area contributed by atoms with Crippen LogP contribution in [0.2, 0.25) is 0 Å². The van der Waals surface area contributed by atoms with E-state index in [4.69, 9.17) is 13.9 Å². The minimum absolute atomic E-state index is 0.0543. The average Bonchev–Trinajstić information content (AvgIpc) is 3.01. The highest BCUT2D eigenvalue weighted by Gasteiger charge is 2.17. The lowest BCUT2D eigenvalue weighted by Gasteiger charge is -2.06. The van der Waals surface area contributed by atoms with Crippen LogP contribution in [0.1, 0.15) is 10.4 Å². The summed E-state index contributed by atoms with van der Waals surface area (Å²) in [5, 5.41) is 3.34. The molecule has 1 amide bonds. The van der Waals surface area contributed by atoms with Crippen LogP contribution in [-0.2, 0) is 0 Å². The number of ether oxygens (including phenoxy) is 2. The molecule has 1 aromatic heterocycles. The molecule has 0 saturated carbocycles. The molecule has 1 aliphatic heterocycles. The second-order valence-corrected chi connectivity index (χ2v) is 5.01. The maximum absolute atomic E-state index is 12.3. The SMILES string of the molecule is O=C(Nc1ccc2c(c1)OCO2)c1cc2ccccc2oc1=O. The summed E-state index contributed by atoms with van der Waals surface area (Å²) in [7, 11) is 0. The van der Waals surface area contributed by atoms with Crippen molar-refractivity contribution in [2.24, 2.45) is 0 Å². The summed E-state index contributed by atoms with van der Waals surface area (Å²) in [6, 6.07) is 13.5. The summed E-state index contributed by atoms with van der Waals surface area (Å²) >= 11 is 0. The van der Waals surface area contributed by atoms with Crippen molar-refractivity contribution < 1.29 is 18.7 Å². The molecular weight excluding hydrogens is 298 g/mol. The number of amides is 1. The third-order valence-corrected chi connectivity index (χ3v) is 3.52. The molecule has 0 radical (unpaired) electrons. The first-order chi connectivity index (χ1) is 11.2. The van der Waals surface area contributed by atoms with Gasteiger partial charge in [-0.25, -0.2) is 4.79 Å². The van der Waals surface area contributed by atoms with Crippen molar-refractivity contribution in [3.63, 3.8) is 0 Å². The predicted octanol–water partition coefficient (Wildman–Crippen LogP) is 2.77. The molecule has 0 bridgehead atoms. The first kappa shape index (κ1) is 13.4. The lowest BCUT2D eigenvalue weighted by Crippen LogP contribution is -2.20. The maximum atomic E-state index is 12.3. The van der Waals surface area contributed by atoms with E-state index in [1.807, 2.05) is 6.07 Å². The summed E-state index contributed by atoms with van der Waals surface area (Å²) in [5.74, 6) is 0.630. The highest BCUT2D eigenvalue weighted by molar-refractivity contribution is 6.05. The molecule has 0 aliphatic carbocycles. The molecule has 1 N–H and O–H groups in total. The van der Waals surface area contributed by atoms with Gasteiger partial charge in [0.2, 0.25) is 6.79 Å². The Kier molecular flexibility index (Phi) is 3.01. The quantitative estimate of drug-likeness (QED) is 0.736. The maximum Gasteiger partial charge on any atom is 0.349 e. The van der Waals surface area contributed by atoms with Crippen molar-refractivity contribution in [2.45, 2.75) is 0 Å². The van der Waals surface area contributed by atoms with E-state index in [0.29, 0.717) is 28.2 Å². The number of carbonyl (C=O) groups excluding carboxylic acids is 1. The molecule has 0 unspecified atom stereocenters. The Balaban J connectivity index is 1.66. The number of hydrogen-bond acceptors (Lipinski definition) is 5. The lowest BCUT2D eigenvalue weighted by atomic mass is 10.1. The van der Waals surface area contributed by atoms with Gasteiger partial charge in [0.1, 0.15) is 11.1 Å². The van der Waals surface area contributed by atoms with Crippen LogP contribution in [0.4, 0.5) is 5.69 Å². The second-order valence-electron chi connectivity index (χ2n) is 5.01. The molecule has 0 atom stereocenters. The van der Waals surface area contributed by atoms with Gasteiger partial charge in [0, 0.05) is 17.1 Å². The molecule has 2 aromatic carbocycles. The zero-order valence-corrected chi connectivity index (χ0v) is 11.9. The summed E-state index contributed by atoms with van der Waals surface area (Å²) < 4.78 is 15.6. The van der Waals surface area contributed by atoms with Crippen molar-refractivity contribution in [3.05, 3.63) is 64.5 Å². The Morgan fingerprint density at radius 1 is 1.00 bits per heavy atom. The minimum atomic E-state index is -0.679. The molecular formula is C17H11NO5. The number of rotatable bonds is 2. The molecule has 3 aromatic rings. The molecule has 0 saturated heterocycles. The van der Waals surface area contributed by atoms with Crippen LogP contribution in [0.25, 0.3) is 11.0 Å². The highest BCUT2D eigenvalue weighted by atomic mass is 16.7. The van der Waals surface area contributed by atoms with Crippen LogP contribution in [-0.4, -0.2) is 12.7 Å². The van der Waals surface area contributed by atoms with Crippen molar-refractivity contribution in [1.82, 2.24) is 0 Å². The fraction of sp³-hybridized carbons (Fsp3) is 0.0588. The van der Waals surface area contributed by atoms with Crippen LogP contribution in [0.15, 0.2) is 57.7 Å². The van der Waals surface area contributed by atoms with Crippen LogP contribution in [0.5, 0.6) is 11.5 Å². The normalized spacial score (nSPS) is 12.3. The number of fused-ring (bicyclic) bond motifs is 2. The Hall–Kier alpha value is -3.28. The molecule has 1 aliphatic rings. The van der Waals surface area contributed by atoms with Gasteiger partial charge in [-0.1, -0.05) is 18.2 Å². The van der Waals surface area contributed by atoms with E-state index < -0.39 is 11.5 Å². The molecule has 2 heterocycles. The first-order valence-corrected chi connectivity index (χ1v) is 6.94. The zero-order chi connectivity index (χ0) is 15.8. The summed E-state index contributed by atoms with van der Waals surface area (Å²) in [6.07, 6.45) is 0. The fourth-order valence-electron chi connectivity index (χ4n) is 2.39. The molecule has 114 valence electrons. The topological polar surface area (TPSA) is 77.8 Å². The monoisotopic (exact) mass is 309 g/mol. The summed E-state index contributed by atoms with van der Waals surface area (Å²) in [4.78, 5) is 24.3. The molecule has 0 spiro atoms. The van der Waals surface area contributed by atoms with Crippen molar-refractivity contribution in [3.8, 4) is 11.5 Å². The average molecular weight is 309 g/mol. The van der Waals surface area contributed by atoms with E-state index in [0.717, 1.165) is 0 Å². The standard InChI is InChI=1S/C17H11NO5/c19-16(18-11-5-6-14-15(8-11)22-9-21-14)12-7-10-3-1-2-4-13(10)23-17(12)20/h1-8H,9H2,(H,18,19). The van der Waals surface area contributed by atoms with Gasteiger partial charge in [-0.15, -0.1) is 0 Å². The third-order valence-electron chi connectivity index (χ3n) is 3.52. The van der Waals surface area contributed by atoms with Crippen LogP contribution < -0.4 is 20.4 Å². The van der Waals surface area contributed by atoms with Crippen molar-refractivity contribution in [2.75, 3.05) is 12.1 Å². The zero-order valence-electron chi connectivity index (χ0n) is 11.9. The molecule has 6 heteroatoms. The van der Waals surface area contributed by atoms with Gasteiger partial charge >= 0.3 is 5.63 Å². The molecule has 6 nitrogen and oxygen atoms in total. The van der Waals surface area contributed by atoms with Gasteiger partial charge < -0.3 is 19.2 Å². The van der Waals surface area contributed by atoms with Gasteiger partial charge in [-0.05, 0) is 24.3 Å². The van der Waals surface area contributed by atoms with Gasteiger partial charge in [0.05, 0.1) is 0 Å². The molecule has 4 rings (SSSR count). The number of nitrogens with one attached hydrogen (secondary N) is 1. The van der Waals surface area contributed by atoms with Crippen LogP contribution in [0, 0.1) is 0 Å². The molecule has 0 fully saturated rings. The Labute approximate surface area is 130 Å². The lowest BCUT2D eigenvalue weighted by molar-refractivity contribution is 0.102. The van der Waals surface area contributed by atoms with Gasteiger partial charge in [-0.3, -0.25) is 4.79 Å². The van der Waals surface area contributed by atoms with E-state index >= 15 is 0 Å². The predicted molar refractivity (Wildman–Crippen MR) is 83.0 cm³/mol. The van der Waals surface area contributed by atoms with Gasteiger partial charge in [-0.2, -0.15) is 0 Å². The van der Waals surface area contributed by atoms with E-state index in [9.17, 15) is 9.59 Å². The number of hydrogen-bond donors (Lipinski definition) is 1. The minimum Gasteiger partial charge on any atom is -0.454 e. The molecule has 23 heavy (non-hydrogen) atoms. The third kappa shape index (κ3) is 2.40. The highest BCUT2D eigenvalue weighted by Crippen LogP contribution is 2.34. The largest absolute Gasteiger partial charge is 0.454 e. The van der Waals surface area contributed by atoms with Crippen molar-refractivity contribution in [1.29, 1.82) is 0 Å². The van der Waals surface area contributed by atoms with Gasteiger partial charge in [0.25, 0.3) is 5.91 Å². The van der Waals surface area contributed by atoms with E-state index in [2.05, 4.69) is 5.32 Å². The van der Waals surface area contributed by atoms with Crippen LogP contribution in [0.3, 0.4) is 0 Å². The Morgan fingerprint density at radius 3 is 2.74 bits per heavy atom. The van der Waals surface area contributed by atoms with Crippen LogP contribution >= 0.6 is 0 Å². The first-order valence-electron chi connectivity index (χ1n) is 6.94. The van der Waals surface area contributed by atoms with Gasteiger partial charge in [0.15, 0.2) is 11.5 Å². The number of carbonyl (C=O) groups is 1. The van der Waals surface area contributed by atoms with E-state index in [1.54, 1.807) is 36.4 Å². The number of para-hydroxylation sites is 1. The van der Waals surface area contributed by atoms with E-state index in [-0.39, 0.29) is 12.4 Å². The smallest absolute Gasteiger partial charge is 0.349 e. The Bertz CT molecular complexity index is 976.